The Morgan fingerprint density at radius 1 is 0.850 bits per heavy atom. The van der Waals surface area contributed by atoms with Gasteiger partial charge in [0.25, 0.3) is 0 Å². The number of esters is 2. The minimum absolute atomic E-state index is 0.402. The van der Waals surface area contributed by atoms with E-state index in [-0.39, 0.29) is 0 Å². The van der Waals surface area contributed by atoms with Crippen LogP contribution in [0.15, 0.2) is 54.6 Å². The van der Waals surface area contributed by atoms with E-state index < -0.39 is 18.7 Å². The number of ether oxygens (including phenoxy) is 2. The molecule has 0 saturated heterocycles. The molecule has 0 aromatic heterocycles. The van der Waals surface area contributed by atoms with Crippen LogP contribution in [0, 0.1) is 6.92 Å². The van der Waals surface area contributed by atoms with Gasteiger partial charge >= 0.3 is 11.9 Å². The average molecular weight is 270 g/mol. The second-order valence-electron chi connectivity index (χ2n) is 4.16. The lowest BCUT2D eigenvalue weighted by atomic mass is 10.1. The van der Waals surface area contributed by atoms with Crippen LogP contribution in [0.1, 0.15) is 26.3 Å². The van der Waals surface area contributed by atoms with Crippen molar-refractivity contribution in [3.63, 3.8) is 0 Å². The van der Waals surface area contributed by atoms with Gasteiger partial charge in [-0.2, -0.15) is 0 Å². The van der Waals surface area contributed by atoms with Crippen molar-refractivity contribution >= 4 is 11.9 Å². The highest BCUT2D eigenvalue weighted by atomic mass is 16.7. The van der Waals surface area contributed by atoms with Crippen molar-refractivity contribution < 1.29 is 19.1 Å². The molecule has 2 aromatic carbocycles. The zero-order chi connectivity index (χ0) is 14.4. The summed E-state index contributed by atoms with van der Waals surface area (Å²) in [5, 5.41) is 0. The molecule has 0 radical (unpaired) electrons. The Balaban J connectivity index is 1.86. The summed E-state index contributed by atoms with van der Waals surface area (Å²) in [6.45, 7) is 1.41. The Labute approximate surface area is 116 Å². The van der Waals surface area contributed by atoms with Crippen LogP contribution in [-0.2, 0) is 9.47 Å². The largest absolute Gasteiger partial charge is 0.424 e. The van der Waals surface area contributed by atoms with Crippen LogP contribution >= 0.6 is 0 Å². The van der Waals surface area contributed by atoms with E-state index in [1.165, 1.54) is 0 Å². The molecule has 0 fully saturated rings. The molecule has 0 heterocycles. The minimum Gasteiger partial charge on any atom is -0.424 e. The molecule has 0 aliphatic heterocycles. The van der Waals surface area contributed by atoms with Gasteiger partial charge < -0.3 is 9.47 Å². The van der Waals surface area contributed by atoms with Gasteiger partial charge in [-0.3, -0.25) is 0 Å². The van der Waals surface area contributed by atoms with Gasteiger partial charge in [-0.25, -0.2) is 9.59 Å². The zero-order valence-corrected chi connectivity index (χ0v) is 11.0. The molecule has 0 saturated carbocycles. The third-order valence-electron chi connectivity index (χ3n) is 2.75. The highest BCUT2D eigenvalue weighted by Gasteiger charge is 2.11. The molecule has 0 aliphatic carbocycles. The summed E-state index contributed by atoms with van der Waals surface area (Å²) < 4.78 is 9.80. The maximum Gasteiger partial charge on any atom is 0.341 e. The van der Waals surface area contributed by atoms with E-state index in [1.807, 2.05) is 19.1 Å². The molecule has 4 nitrogen and oxygen atoms in total. The topological polar surface area (TPSA) is 52.6 Å². The first kappa shape index (κ1) is 13.8. The molecule has 2 rings (SSSR count). The fourth-order valence-corrected chi connectivity index (χ4v) is 1.67. The van der Waals surface area contributed by atoms with Crippen LogP contribution in [-0.4, -0.2) is 18.7 Å². The fraction of sp³-hybridized carbons (Fsp3) is 0.125. The highest BCUT2D eigenvalue weighted by molar-refractivity contribution is 5.91. The Bertz CT molecular complexity index is 605. The predicted octanol–water partition coefficient (Wildman–Crippen LogP) is 2.97. The summed E-state index contributed by atoms with van der Waals surface area (Å²) in [6.07, 6.45) is 0. The summed E-state index contributed by atoms with van der Waals surface area (Å²) in [4.78, 5) is 23.4. The number of carbonyl (C=O) groups excluding carboxylic acids is 2. The number of hydrogen-bond donors (Lipinski definition) is 0. The van der Waals surface area contributed by atoms with Gasteiger partial charge in [-0.1, -0.05) is 36.4 Å². The fourth-order valence-electron chi connectivity index (χ4n) is 1.67. The molecular formula is C16H14O4. The summed E-state index contributed by atoms with van der Waals surface area (Å²) in [5.41, 5.74) is 1.69. The lowest BCUT2D eigenvalue weighted by molar-refractivity contribution is -0.0167. The van der Waals surface area contributed by atoms with Gasteiger partial charge in [-0.05, 0) is 30.7 Å². The van der Waals surface area contributed by atoms with Crippen LogP contribution in [0.25, 0.3) is 0 Å². The summed E-state index contributed by atoms with van der Waals surface area (Å²) in [7, 11) is 0. The highest BCUT2D eigenvalue weighted by Crippen LogP contribution is 2.09. The molecule has 20 heavy (non-hydrogen) atoms. The van der Waals surface area contributed by atoms with E-state index in [9.17, 15) is 9.59 Å². The summed E-state index contributed by atoms with van der Waals surface area (Å²) in [5.74, 6) is -1.04. The van der Waals surface area contributed by atoms with Crippen molar-refractivity contribution in [1.29, 1.82) is 0 Å². The third-order valence-corrected chi connectivity index (χ3v) is 2.75. The van der Waals surface area contributed by atoms with Crippen LogP contribution in [0.3, 0.4) is 0 Å². The Hall–Kier alpha value is -2.62. The smallest absolute Gasteiger partial charge is 0.341 e. The first-order valence-corrected chi connectivity index (χ1v) is 6.13. The average Bonchev–Trinajstić information content (AvgIpc) is 2.48. The van der Waals surface area contributed by atoms with Gasteiger partial charge in [0.2, 0.25) is 6.79 Å². The van der Waals surface area contributed by atoms with Gasteiger partial charge in [0, 0.05) is 0 Å². The quantitative estimate of drug-likeness (QED) is 0.633. The molecule has 0 bridgehead atoms. The van der Waals surface area contributed by atoms with Crippen LogP contribution in [0.5, 0.6) is 0 Å². The van der Waals surface area contributed by atoms with Gasteiger partial charge in [0.05, 0.1) is 11.1 Å². The molecule has 0 aliphatic rings. The number of hydrogen-bond acceptors (Lipinski definition) is 4. The van der Waals surface area contributed by atoms with Gasteiger partial charge in [0.15, 0.2) is 0 Å². The Kier molecular flexibility index (Phi) is 4.50. The van der Waals surface area contributed by atoms with Crippen molar-refractivity contribution in [3.05, 3.63) is 71.3 Å². The van der Waals surface area contributed by atoms with Crippen molar-refractivity contribution in [3.8, 4) is 0 Å². The number of aryl methyl sites for hydroxylation is 1. The van der Waals surface area contributed by atoms with Gasteiger partial charge in [0.1, 0.15) is 0 Å². The molecule has 0 amide bonds. The van der Waals surface area contributed by atoms with E-state index in [4.69, 9.17) is 9.47 Å². The summed E-state index contributed by atoms with van der Waals surface area (Å²) >= 11 is 0. The normalized spacial score (nSPS) is 9.85. The van der Waals surface area contributed by atoms with E-state index >= 15 is 0 Å². The lowest BCUT2D eigenvalue weighted by Gasteiger charge is -2.07. The standard InChI is InChI=1S/C16H14O4/c1-12-7-5-6-10-14(12)16(18)20-11-19-15(17)13-8-3-2-4-9-13/h2-10H,11H2,1H3. The summed E-state index contributed by atoms with van der Waals surface area (Å²) in [6, 6.07) is 15.6. The van der Waals surface area contributed by atoms with E-state index in [0.717, 1.165) is 5.56 Å². The second-order valence-corrected chi connectivity index (χ2v) is 4.16. The molecule has 2 aromatic rings. The molecule has 0 atom stereocenters. The molecule has 0 N–H and O–H groups in total. The number of benzene rings is 2. The Morgan fingerprint density at radius 2 is 1.45 bits per heavy atom. The maximum absolute atomic E-state index is 11.8. The molecule has 4 heteroatoms. The van der Waals surface area contributed by atoms with Crippen molar-refractivity contribution in [2.24, 2.45) is 0 Å². The Morgan fingerprint density at radius 3 is 2.15 bits per heavy atom. The number of carbonyl (C=O) groups is 2. The molecule has 0 spiro atoms. The van der Waals surface area contributed by atoms with Crippen LogP contribution in [0.2, 0.25) is 0 Å². The van der Waals surface area contributed by atoms with Crippen molar-refractivity contribution in [1.82, 2.24) is 0 Å². The third kappa shape index (κ3) is 3.45. The monoisotopic (exact) mass is 270 g/mol. The van der Waals surface area contributed by atoms with Gasteiger partial charge in [-0.15, -0.1) is 0 Å². The van der Waals surface area contributed by atoms with Crippen LogP contribution in [0.4, 0.5) is 0 Å². The minimum atomic E-state index is -0.525. The SMILES string of the molecule is Cc1ccccc1C(=O)OCOC(=O)c1ccccc1. The maximum atomic E-state index is 11.8. The van der Waals surface area contributed by atoms with E-state index in [1.54, 1.807) is 42.5 Å². The number of rotatable bonds is 4. The van der Waals surface area contributed by atoms with Crippen molar-refractivity contribution in [2.75, 3.05) is 6.79 Å². The molecule has 102 valence electrons. The molecule has 0 unspecified atom stereocenters. The first-order chi connectivity index (χ1) is 9.68. The van der Waals surface area contributed by atoms with E-state index in [2.05, 4.69) is 0 Å². The van der Waals surface area contributed by atoms with Crippen LogP contribution < -0.4 is 0 Å². The predicted molar refractivity (Wildman–Crippen MR) is 73.3 cm³/mol. The first-order valence-electron chi connectivity index (χ1n) is 6.13. The molecular weight excluding hydrogens is 256 g/mol. The van der Waals surface area contributed by atoms with E-state index in [0.29, 0.717) is 11.1 Å². The van der Waals surface area contributed by atoms with Crippen molar-refractivity contribution in [2.45, 2.75) is 6.92 Å². The second kappa shape index (κ2) is 6.52. The lowest BCUT2D eigenvalue weighted by Crippen LogP contribution is -2.13. The zero-order valence-electron chi connectivity index (χ0n) is 11.0.